The number of carbonyl (C=O) groups excluding carboxylic acids is 2. The first-order valence-corrected chi connectivity index (χ1v) is 13.2. The Kier molecular flexibility index (Phi) is 8.00. The molecule has 1 fully saturated rings. The highest BCUT2D eigenvalue weighted by Crippen LogP contribution is 2.28. The van der Waals surface area contributed by atoms with Gasteiger partial charge in [0.2, 0.25) is 5.91 Å². The topological polar surface area (TPSA) is 79.3 Å². The molecule has 1 aromatic carbocycles. The molecule has 3 heterocycles. The summed E-state index contributed by atoms with van der Waals surface area (Å²) in [6.45, 7) is 6.35. The molecule has 2 aromatic heterocycles. The number of nitrogens with zero attached hydrogens (tertiary/aromatic N) is 3. The fraction of sp³-hybridized carbons (Fsp3) is 0.500. The minimum atomic E-state index is -0.252. The standard InChI is InChI=1S/C26H35N5O2S/c1-4-20(5-2)31-23-9-8-18(15-22(23)29-24(31)16-21-7-6-14-34-21)26(33)27-17-25(32)28-19-10-12-30(3)13-11-19/h6-9,14-15,19-20H,4-5,10-13,16-17H2,1-3H3,(H,27,33)(H,28,32). The van der Waals surface area contributed by atoms with Gasteiger partial charge in [0.05, 0.1) is 17.6 Å². The lowest BCUT2D eigenvalue weighted by Gasteiger charge is -2.29. The third-order valence-electron chi connectivity index (χ3n) is 6.74. The van der Waals surface area contributed by atoms with E-state index in [1.807, 2.05) is 18.2 Å². The van der Waals surface area contributed by atoms with Crippen molar-refractivity contribution < 1.29 is 9.59 Å². The molecule has 1 aliphatic rings. The van der Waals surface area contributed by atoms with Crippen LogP contribution in [-0.4, -0.2) is 59.0 Å². The smallest absolute Gasteiger partial charge is 0.251 e. The van der Waals surface area contributed by atoms with Crippen molar-refractivity contribution in [2.45, 2.75) is 58.0 Å². The molecule has 4 rings (SSSR count). The molecule has 182 valence electrons. The van der Waals surface area contributed by atoms with E-state index in [9.17, 15) is 9.59 Å². The number of hydrogen-bond donors (Lipinski definition) is 2. The van der Waals surface area contributed by atoms with Crippen molar-refractivity contribution >= 4 is 34.2 Å². The van der Waals surface area contributed by atoms with Crippen LogP contribution in [0.5, 0.6) is 0 Å². The zero-order chi connectivity index (χ0) is 24.1. The molecule has 7 nitrogen and oxygen atoms in total. The van der Waals surface area contributed by atoms with Gasteiger partial charge in [0.15, 0.2) is 0 Å². The second-order valence-electron chi connectivity index (χ2n) is 9.16. The quantitative estimate of drug-likeness (QED) is 0.484. The Morgan fingerprint density at radius 1 is 1.18 bits per heavy atom. The summed E-state index contributed by atoms with van der Waals surface area (Å²) in [5.41, 5.74) is 2.40. The number of hydrogen-bond acceptors (Lipinski definition) is 5. The largest absolute Gasteiger partial charge is 0.352 e. The van der Waals surface area contributed by atoms with E-state index < -0.39 is 0 Å². The van der Waals surface area contributed by atoms with E-state index >= 15 is 0 Å². The minimum absolute atomic E-state index is 0.0188. The van der Waals surface area contributed by atoms with Gasteiger partial charge in [0, 0.05) is 28.9 Å². The fourth-order valence-electron chi connectivity index (χ4n) is 4.74. The van der Waals surface area contributed by atoms with Crippen LogP contribution in [-0.2, 0) is 11.2 Å². The summed E-state index contributed by atoms with van der Waals surface area (Å²) < 4.78 is 2.34. The first-order chi connectivity index (χ1) is 16.5. The second-order valence-corrected chi connectivity index (χ2v) is 10.2. The van der Waals surface area contributed by atoms with E-state index in [0.717, 1.165) is 62.1 Å². The number of likely N-dealkylation sites (tertiary alicyclic amines) is 1. The van der Waals surface area contributed by atoms with E-state index in [-0.39, 0.29) is 24.4 Å². The molecular weight excluding hydrogens is 446 g/mol. The van der Waals surface area contributed by atoms with Crippen LogP contribution >= 0.6 is 11.3 Å². The molecule has 0 aliphatic carbocycles. The SMILES string of the molecule is CCC(CC)n1c(Cc2cccs2)nc2cc(C(=O)NCC(=O)NC3CCN(C)CC3)ccc21. The molecule has 0 radical (unpaired) electrons. The average Bonchev–Trinajstić information content (AvgIpc) is 3.48. The third-order valence-corrected chi connectivity index (χ3v) is 7.61. The molecule has 1 saturated heterocycles. The van der Waals surface area contributed by atoms with Crippen molar-refractivity contribution in [3.8, 4) is 0 Å². The summed E-state index contributed by atoms with van der Waals surface area (Å²) in [6.07, 6.45) is 4.71. The Morgan fingerprint density at radius 3 is 2.62 bits per heavy atom. The number of nitrogens with one attached hydrogen (secondary N) is 2. The second kappa shape index (κ2) is 11.1. The van der Waals surface area contributed by atoms with Crippen LogP contribution < -0.4 is 10.6 Å². The summed E-state index contributed by atoms with van der Waals surface area (Å²) in [5, 5.41) is 7.90. The number of amides is 2. The van der Waals surface area contributed by atoms with Crippen LogP contribution in [0.1, 0.15) is 66.6 Å². The minimum Gasteiger partial charge on any atom is -0.352 e. The predicted molar refractivity (Wildman–Crippen MR) is 137 cm³/mol. The zero-order valence-electron chi connectivity index (χ0n) is 20.3. The number of rotatable bonds is 9. The van der Waals surface area contributed by atoms with Crippen molar-refractivity contribution in [2.24, 2.45) is 0 Å². The molecule has 2 amide bonds. The summed E-state index contributed by atoms with van der Waals surface area (Å²) in [4.78, 5) is 33.6. The zero-order valence-corrected chi connectivity index (χ0v) is 21.2. The van der Waals surface area contributed by atoms with Gasteiger partial charge in [-0.25, -0.2) is 4.98 Å². The lowest BCUT2D eigenvalue weighted by atomic mass is 10.1. The molecule has 2 N–H and O–H groups in total. The van der Waals surface area contributed by atoms with Gasteiger partial charge < -0.3 is 20.1 Å². The van der Waals surface area contributed by atoms with Gasteiger partial charge in [0.1, 0.15) is 5.82 Å². The predicted octanol–water partition coefficient (Wildman–Crippen LogP) is 3.99. The van der Waals surface area contributed by atoms with Crippen LogP contribution in [0.4, 0.5) is 0 Å². The molecule has 8 heteroatoms. The van der Waals surface area contributed by atoms with Crippen LogP contribution in [0.15, 0.2) is 35.7 Å². The highest BCUT2D eigenvalue weighted by molar-refractivity contribution is 7.09. The highest BCUT2D eigenvalue weighted by Gasteiger charge is 2.20. The molecule has 0 unspecified atom stereocenters. The molecule has 0 saturated carbocycles. The Morgan fingerprint density at radius 2 is 1.94 bits per heavy atom. The fourth-order valence-corrected chi connectivity index (χ4v) is 5.44. The molecule has 3 aromatic rings. The first-order valence-electron chi connectivity index (χ1n) is 12.3. The Bertz CT molecular complexity index is 1110. The molecule has 1 aliphatic heterocycles. The summed E-state index contributed by atoms with van der Waals surface area (Å²) in [7, 11) is 2.09. The Labute approximate surface area is 205 Å². The Hall–Kier alpha value is -2.71. The van der Waals surface area contributed by atoms with Crippen molar-refractivity contribution in [1.29, 1.82) is 0 Å². The van der Waals surface area contributed by atoms with Gasteiger partial charge in [-0.3, -0.25) is 9.59 Å². The number of thiophene rings is 1. The number of imidazole rings is 1. The molecule has 34 heavy (non-hydrogen) atoms. The van der Waals surface area contributed by atoms with Crippen molar-refractivity contribution in [3.63, 3.8) is 0 Å². The number of carbonyl (C=O) groups is 2. The molecular formula is C26H35N5O2S. The first kappa shape index (κ1) is 24.4. The number of benzene rings is 1. The molecule has 0 spiro atoms. The van der Waals surface area contributed by atoms with Crippen molar-refractivity contribution in [1.82, 2.24) is 25.1 Å². The Balaban J connectivity index is 1.46. The van der Waals surface area contributed by atoms with Gasteiger partial charge >= 0.3 is 0 Å². The maximum Gasteiger partial charge on any atom is 0.251 e. The van der Waals surface area contributed by atoms with Crippen LogP contribution in [0.2, 0.25) is 0 Å². The average molecular weight is 482 g/mol. The van der Waals surface area contributed by atoms with Crippen LogP contribution in [0.25, 0.3) is 11.0 Å². The number of aromatic nitrogens is 2. The maximum absolute atomic E-state index is 12.8. The number of fused-ring (bicyclic) bond motifs is 1. The molecule has 0 atom stereocenters. The third kappa shape index (κ3) is 5.67. The van der Waals surface area contributed by atoms with E-state index in [2.05, 4.69) is 58.5 Å². The van der Waals surface area contributed by atoms with Crippen molar-refractivity contribution in [3.05, 3.63) is 52.0 Å². The highest BCUT2D eigenvalue weighted by atomic mass is 32.1. The monoisotopic (exact) mass is 481 g/mol. The maximum atomic E-state index is 12.8. The lowest BCUT2D eigenvalue weighted by molar-refractivity contribution is -0.121. The summed E-state index contributed by atoms with van der Waals surface area (Å²) in [5.74, 6) is 0.638. The van der Waals surface area contributed by atoms with Gasteiger partial charge in [0.25, 0.3) is 5.91 Å². The normalized spacial score (nSPS) is 15.2. The number of piperidine rings is 1. The van der Waals surface area contributed by atoms with E-state index in [4.69, 9.17) is 4.98 Å². The van der Waals surface area contributed by atoms with Crippen LogP contribution in [0.3, 0.4) is 0 Å². The van der Waals surface area contributed by atoms with Gasteiger partial charge in [-0.2, -0.15) is 0 Å². The van der Waals surface area contributed by atoms with Crippen molar-refractivity contribution in [2.75, 3.05) is 26.7 Å². The molecule has 0 bridgehead atoms. The summed E-state index contributed by atoms with van der Waals surface area (Å²) in [6, 6.07) is 10.4. The summed E-state index contributed by atoms with van der Waals surface area (Å²) >= 11 is 1.74. The van der Waals surface area contributed by atoms with Gasteiger partial charge in [-0.15, -0.1) is 11.3 Å². The van der Waals surface area contributed by atoms with E-state index in [0.29, 0.717) is 11.6 Å². The lowest BCUT2D eigenvalue weighted by Crippen LogP contribution is -2.46. The van der Waals surface area contributed by atoms with E-state index in [1.54, 1.807) is 11.3 Å². The van der Waals surface area contributed by atoms with Crippen LogP contribution in [0, 0.1) is 0 Å². The van der Waals surface area contributed by atoms with E-state index in [1.165, 1.54) is 4.88 Å². The van der Waals surface area contributed by atoms with Gasteiger partial charge in [-0.1, -0.05) is 19.9 Å². The van der Waals surface area contributed by atoms with Gasteiger partial charge in [-0.05, 0) is 75.5 Å².